The number of rotatable bonds is 0. The molecule has 1 heteroatoms. The molecule has 1 nitrogen and oxygen atoms in total. The maximum absolute atomic E-state index is 5.82. The van der Waals surface area contributed by atoms with E-state index in [1.54, 1.807) is 0 Å². The highest BCUT2D eigenvalue weighted by atomic mass is 14.7. The van der Waals surface area contributed by atoms with Gasteiger partial charge >= 0.3 is 0 Å². The molecule has 0 radical (unpaired) electrons. The first-order valence-electron chi connectivity index (χ1n) is 4.26. The summed E-state index contributed by atoms with van der Waals surface area (Å²) >= 11 is 0. The summed E-state index contributed by atoms with van der Waals surface area (Å²) in [6.07, 6.45) is 3.82. The minimum Gasteiger partial charge on any atom is -0.328 e. The molecule has 60 valence electrons. The fourth-order valence-corrected chi connectivity index (χ4v) is 1.80. The second kappa shape index (κ2) is 2.54. The second-order valence-electron chi connectivity index (χ2n) is 4.64. The molecule has 0 aromatic rings. The van der Waals surface area contributed by atoms with Gasteiger partial charge in [-0.1, -0.05) is 20.8 Å². The van der Waals surface area contributed by atoms with Crippen LogP contribution in [0.3, 0.4) is 0 Å². The molecule has 0 saturated heterocycles. The normalized spacial score (nSPS) is 34.8. The third-order valence-electron chi connectivity index (χ3n) is 2.70. The smallest absolute Gasteiger partial charge is 0.00417 e. The molecule has 1 saturated carbocycles. The van der Waals surface area contributed by atoms with E-state index in [1.165, 1.54) is 19.3 Å². The molecular formula is C9H19N. The topological polar surface area (TPSA) is 26.0 Å². The van der Waals surface area contributed by atoms with Gasteiger partial charge in [-0.2, -0.15) is 0 Å². The zero-order chi connectivity index (χ0) is 7.78. The maximum Gasteiger partial charge on any atom is 0.00417 e. The quantitative estimate of drug-likeness (QED) is 0.549. The minimum atomic E-state index is 0.480. The molecule has 1 aliphatic carbocycles. The molecule has 0 aromatic heterocycles. The van der Waals surface area contributed by atoms with Crippen LogP contribution in [0.25, 0.3) is 0 Å². The molecular weight excluding hydrogens is 122 g/mol. The molecule has 2 N–H and O–H groups in total. The minimum absolute atomic E-state index is 0.480. The summed E-state index contributed by atoms with van der Waals surface area (Å²) in [7, 11) is 0. The van der Waals surface area contributed by atoms with Gasteiger partial charge in [-0.05, 0) is 30.6 Å². The highest BCUT2D eigenvalue weighted by Crippen LogP contribution is 2.38. The predicted molar refractivity (Wildman–Crippen MR) is 44.8 cm³/mol. The van der Waals surface area contributed by atoms with E-state index in [0.29, 0.717) is 11.5 Å². The summed E-state index contributed by atoms with van der Waals surface area (Å²) in [5, 5.41) is 0. The molecule has 0 aliphatic heterocycles. The van der Waals surface area contributed by atoms with E-state index in [9.17, 15) is 0 Å². The molecule has 0 bridgehead atoms. The number of hydrogen-bond acceptors (Lipinski definition) is 1. The van der Waals surface area contributed by atoms with E-state index in [1.807, 2.05) is 0 Å². The standard InChI is InChI=1S/C9H19N/c1-9(2,3)7-4-5-8(10)6-7/h7-8H,4-6,10H2,1-3H3/t7-,8+/m0/s1. The average Bonchev–Trinajstić information content (AvgIpc) is 2.11. The molecule has 0 amide bonds. The van der Waals surface area contributed by atoms with Crippen LogP contribution in [0.5, 0.6) is 0 Å². The maximum atomic E-state index is 5.82. The first kappa shape index (κ1) is 8.06. The van der Waals surface area contributed by atoms with Gasteiger partial charge in [0.2, 0.25) is 0 Å². The summed E-state index contributed by atoms with van der Waals surface area (Å²) in [6.45, 7) is 6.95. The Labute approximate surface area is 64.0 Å². The Morgan fingerprint density at radius 3 is 2.00 bits per heavy atom. The Balaban J connectivity index is 2.45. The Morgan fingerprint density at radius 1 is 1.20 bits per heavy atom. The molecule has 1 rings (SSSR count). The molecule has 1 fully saturated rings. The molecule has 10 heavy (non-hydrogen) atoms. The van der Waals surface area contributed by atoms with Crippen LogP contribution in [-0.4, -0.2) is 6.04 Å². The lowest BCUT2D eigenvalue weighted by molar-refractivity contribution is 0.244. The highest BCUT2D eigenvalue weighted by Gasteiger charge is 2.30. The van der Waals surface area contributed by atoms with Crippen LogP contribution in [0, 0.1) is 11.3 Å². The SMILES string of the molecule is CC(C)(C)[C@H]1CC[C@@H](N)C1. The average molecular weight is 141 g/mol. The van der Waals surface area contributed by atoms with Crippen molar-refractivity contribution < 1.29 is 0 Å². The van der Waals surface area contributed by atoms with Crippen molar-refractivity contribution in [3.63, 3.8) is 0 Å². The highest BCUT2D eigenvalue weighted by molar-refractivity contribution is 4.84. The van der Waals surface area contributed by atoms with Gasteiger partial charge in [-0.3, -0.25) is 0 Å². The fourth-order valence-electron chi connectivity index (χ4n) is 1.80. The molecule has 1 aliphatic rings. The lowest BCUT2D eigenvalue weighted by Gasteiger charge is -2.26. The van der Waals surface area contributed by atoms with Gasteiger partial charge in [0.05, 0.1) is 0 Å². The summed E-state index contributed by atoms with van der Waals surface area (Å²) in [5.74, 6) is 0.863. The van der Waals surface area contributed by atoms with E-state index in [4.69, 9.17) is 5.73 Å². The largest absolute Gasteiger partial charge is 0.328 e. The monoisotopic (exact) mass is 141 g/mol. The Bertz CT molecular complexity index is 112. The van der Waals surface area contributed by atoms with Crippen molar-refractivity contribution in [2.24, 2.45) is 17.1 Å². The van der Waals surface area contributed by atoms with Crippen LogP contribution in [0.15, 0.2) is 0 Å². The van der Waals surface area contributed by atoms with Gasteiger partial charge in [0.1, 0.15) is 0 Å². The molecule has 2 atom stereocenters. The third kappa shape index (κ3) is 1.72. The van der Waals surface area contributed by atoms with Crippen molar-refractivity contribution in [1.29, 1.82) is 0 Å². The third-order valence-corrected chi connectivity index (χ3v) is 2.70. The van der Waals surface area contributed by atoms with Crippen molar-refractivity contribution in [3.05, 3.63) is 0 Å². The van der Waals surface area contributed by atoms with Crippen molar-refractivity contribution in [2.75, 3.05) is 0 Å². The van der Waals surface area contributed by atoms with E-state index in [2.05, 4.69) is 20.8 Å². The van der Waals surface area contributed by atoms with Gasteiger partial charge in [-0.15, -0.1) is 0 Å². The lowest BCUT2D eigenvalue weighted by atomic mass is 9.80. The van der Waals surface area contributed by atoms with Crippen molar-refractivity contribution in [1.82, 2.24) is 0 Å². The fraction of sp³-hybridized carbons (Fsp3) is 1.00. The summed E-state index contributed by atoms with van der Waals surface area (Å²) in [6, 6.07) is 0.490. The summed E-state index contributed by atoms with van der Waals surface area (Å²) < 4.78 is 0. The van der Waals surface area contributed by atoms with E-state index in [0.717, 1.165) is 5.92 Å². The molecule has 0 aromatic carbocycles. The number of nitrogens with two attached hydrogens (primary N) is 1. The summed E-state index contributed by atoms with van der Waals surface area (Å²) in [4.78, 5) is 0. The van der Waals surface area contributed by atoms with Crippen LogP contribution in [0.4, 0.5) is 0 Å². The Hall–Kier alpha value is -0.0400. The van der Waals surface area contributed by atoms with Crippen LogP contribution >= 0.6 is 0 Å². The van der Waals surface area contributed by atoms with Crippen LogP contribution in [-0.2, 0) is 0 Å². The first-order chi connectivity index (χ1) is 4.50. The molecule has 0 unspecified atom stereocenters. The van der Waals surface area contributed by atoms with Gasteiger partial charge in [-0.25, -0.2) is 0 Å². The second-order valence-corrected chi connectivity index (χ2v) is 4.64. The zero-order valence-electron chi connectivity index (χ0n) is 7.35. The molecule has 0 heterocycles. The van der Waals surface area contributed by atoms with Gasteiger partial charge < -0.3 is 5.73 Å². The van der Waals surface area contributed by atoms with Gasteiger partial charge in [0, 0.05) is 6.04 Å². The van der Waals surface area contributed by atoms with Crippen molar-refractivity contribution in [2.45, 2.75) is 46.1 Å². The first-order valence-corrected chi connectivity index (χ1v) is 4.26. The van der Waals surface area contributed by atoms with Crippen molar-refractivity contribution >= 4 is 0 Å². The number of hydrogen-bond donors (Lipinski definition) is 1. The van der Waals surface area contributed by atoms with E-state index >= 15 is 0 Å². The van der Waals surface area contributed by atoms with Gasteiger partial charge in [0.15, 0.2) is 0 Å². The van der Waals surface area contributed by atoms with Crippen LogP contribution in [0.1, 0.15) is 40.0 Å². The van der Waals surface area contributed by atoms with Crippen LogP contribution < -0.4 is 5.73 Å². The predicted octanol–water partition coefficient (Wildman–Crippen LogP) is 2.16. The Kier molecular flexibility index (Phi) is 2.04. The van der Waals surface area contributed by atoms with Crippen LogP contribution in [0.2, 0.25) is 0 Å². The Morgan fingerprint density at radius 2 is 1.80 bits per heavy atom. The molecule has 0 spiro atoms. The zero-order valence-corrected chi connectivity index (χ0v) is 7.35. The van der Waals surface area contributed by atoms with E-state index in [-0.39, 0.29) is 0 Å². The summed E-state index contributed by atoms with van der Waals surface area (Å²) in [5.41, 5.74) is 6.30. The van der Waals surface area contributed by atoms with Gasteiger partial charge in [0.25, 0.3) is 0 Å². The van der Waals surface area contributed by atoms with E-state index < -0.39 is 0 Å². The lowest BCUT2D eigenvalue weighted by Crippen LogP contribution is -2.21. The van der Waals surface area contributed by atoms with Crippen molar-refractivity contribution in [3.8, 4) is 0 Å².